The molecule has 0 amide bonds. The van der Waals surface area contributed by atoms with E-state index in [1.807, 2.05) is 6.92 Å². The zero-order valence-electron chi connectivity index (χ0n) is 13.1. The highest BCUT2D eigenvalue weighted by atomic mass is 32.2. The number of hydrogen-bond donors (Lipinski definition) is 1. The summed E-state index contributed by atoms with van der Waals surface area (Å²) in [6.07, 6.45) is -1.79. The van der Waals surface area contributed by atoms with Crippen molar-refractivity contribution in [3.05, 3.63) is 29.8 Å². The fraction of sp³-hybridized carbons (Fsp3) is 0.533. The summed E-state index contributed by atoms with van der Waals surface area (Å²) in [5.41, 5.74) is 0.0499. The lowest BCUT2D eigenvalue weighted by Crippen LogP contribution is -2.43. The largest absolute Gasteiger partial charge is 0.372 e. The van der Waals surface area contributed by atoms with Crippen molar-refractivity contribution in [3.63, 3.8) is 0 Å². The van der Waals surface area contributed by atoms with Crippen molar-refractivity contribution in [1.82, 2.24) is 4.83 Å². The number of nitrogens with one attached hydrogen (secondary N) is 1. The molecule has 1 fully saturated rings. The molecule has 0 spiro atoms. The molecule has 5 nitrogen and oxygen atoms in total. The fourth-order valence-electron chi connectivity index (χ4n) is 2.48. The summed E-state index contributed by atoms with van der Waals surface area (Å²) in [6.45, 7) is 1.86. The first-order valence-electron chi connectivity index (χ1n) is 7.26. The second-order valence-electron chi connectivity index (χ2n) is 5.66. The maximum absolute atomic E-state index is 13.1. The summed E-state index contributed by atoms with van der Waals surface area (Å²) in [7, 11) is -2.47. The smallest absolute Gasteiger partial charge is 0.276 e. The molecule has 0 radical (unpaired) electrons. The Labute approximate surface area is 134 Å². The molecular weight excluding hydrogens is 326 g/mol. The van der Waals surface area contributed by atoms with Gasteiger partial charge in [-0.25, -0.2) is 13.6 Å². The molecule has 1 aromatic carbocycles. The standard InChI is InChI=1S/C15H20F2N2O3S/c1-11-3-5-13(6-4-11)23(20,21)19-18-12-7-9-15(22-2,10-8-12)14(16)17/h3-6,14,19H,7-10H2,1-2H3. The third kappa shape index (κ3) is 4.06. The Morgan fingerprint density at radius 3 is 2.26 bits per heavy atom. The lowest BCUT2D eigenvalue weighted by Gasteiger charge is -2.35. The highest BCUT2D eigenvalue weighted by molar-refractivity contribution is 7.89. The topological polar surface area (TPSA) is 67.8 Å². The number of hydrazone groups is 1. The number of rotatable bonds is 5. The Balaban J connectivity index is 2.03. The van der Waals surface area contributed by atoms with Crippen LogP contribution in [0.15, 0.2) is 34.3 Å². The summed E-state index contributed by atoms with van der Waals surface area (Å²) >= 11 is 0. The van der Waals surface area contributed by atoms with Gasteiger partial charge in [-0.2, -0.15) is 13.5 Å². The van der Waals surface area contributed by atoms with E-state index in [2.05, 4.69) is 9.93 Å². The van der Waals surface area contributed by atoms with E-state index in [0.29, 0.717) is 5.71 Å². The molecule has 1 saturated carbocycles. The van der Waals surface area contributed by atoms with E-state index >= 15 is 0 Å². The summed E-state index contributed by atoms with van der Waals surface area (Å²) in [4.78, 5) is 2.28. The number of halogens is 2. The monoisotopic (exact) mass is 346 g/mol. The van der Waals surface area contributed by atoms with Crippen molar-refractivity contribution in [2.24, 2.45) is 5.10 Å². The van der Waals surface area contributed by atoms with Crippen LogP contribution in [0.1, 0.15) is 31.2 Å². The second-order valence-corrected chi connectivity index (χ2v) is 7.32. The van der Waals surface area contributed by atoms with Crippen molar-refractivity contribution in [2.75, 3.05) is 7.11 Å². The van der Waals surface area contributed by atoms with Crippen LogP contribution in [0.2, 0.25) is 0 Å². The number of alkyl halides is 2. The summed E-state index contributed by atoms with van der Waals surface area (Å²) in [6, 6.07) is 6.37. The molecule has 8 heteroatoms. The molecular formula is C15H20F2N2O3S. The van der Waals surface area contributed by atoms with Gasteiger partial charge >= 0.3 is 0 Å². The number of methoxy groups -OCH3 is 1. The summed E-state index contributed by atoms with van der Waals surface area (Å²) in [5, 5.41) is 3.89. The van der Waals surface area contributed by atoms with E-state index < -0.39 is 22.0 Å². The van der Waals surface area contributed by atoms with Crippen molar-refractivity contribution in [2.45, 2.75) is 49.5 Å². The number of nitrogens with zero attached hydrogens (tertiary/aromatic N) is 1. The molecule has 1 aliphatic carbocycles. The van der Waals surface area contributed by atoms with Crippen LogP contribution in [0.25, 0.3) is 0 Å². The van der Waals surface area contributed by atoms with Crippen LogP contribution in [0.5, 0.6) is 0 Å². The highest BCUT2D eigenvalue weighted by Crippen LogP contribution is 2.35. The van der Waals surface area contributed by atoms with E-state index in [9.17, 15) is 17.2 Å². The van der Waals surface area contributed by atoms with Gasteiger partial charge in [0.15, 0.2) is 0 Å². The van der Waals surface area contributed by atoms with Gasteiger partial charge in [0.2, 0.25) is 0 Å². The highest BCUT2D eigenvalue weighted by Gasteiger charge is 2.42. The third-order valence-electron chi connectivity index (χ3n) is 4.13. The zero-order valence-corrected chi connectivity index (χ0v) is 13.9. The first kappa shape index (κ1) is 17.8. The Bertz CT molecular complexity index is 662. The SMILES string of the molecule is COC1(C(F)F)CCC(=NNS(=O)(=O)c2ccc(C)cc2)CC1. The van der Waals surface area contributed by atoms with Crippen LogP contribution in [-0.2, 0) is 14.8 Å². The summed E-state index contributed by atoms with van der Waals surface area (Å²) in [5.74, 6) is 0. The Morgan fingerprint density at radius 2 is 1.78 bits per heavy atom. The molecule has 0 atom stereocenters. The normalized spacial score (nSPS) is 22.2. The molecule has 0 unspecified atom stereocenters. The lowest BCUT2D eigenvalue weighted by atomic mass is 9.84. The Morgan fingerprint density at radius 1 is 1.22 bits per heavy atom. The van der Waals surface area contributed by atoms with Gasteiger partial charge in [0.1, 0.15) is 5.60 Å². The van der Waals surface area contributed by atoms with Gasteiger partial charge in [-0.05, 0) is 44.7 Å². The molecule has 0 heterocycles. The Hall–Kier alpha value is -1.54. The molecule has 1 N–H and O–H groups in total. The number of ether oxygens (including phenoxy) is 1. The second kappa shape index (κ2) is 6.92. The van der Waals surface area contributed by atoms with Gasteiger partial charge in [0, 0.05) is 12.8 Å². The minimum atomic E-state index is -3.74. The minimum Gasteiger partial charge on any atom is -0.372 e. The predicted octanol–water partition coefficient (Wildman–Crippen LogP) is 2.85. The van der Waals surface area contributed by atoms with Gasteiger partial charge in [0.05, 0.1) is 4.90 Å². The van der Waals surface area contributed by atoms with Gasteiger partial charge in [-0.15, -0.1) is 0 Å². The van der Waals surface area contributed by atoms with E-state index in [4.69, 9.17) is 4.74 Å². The van der Waals surface area contributed by atoms with E-state index in [1.54, 1.807) is 12.1 Å². The van der Waals surface area contributed by atoms with E-state index in [1.165, 1.54) is 19.2 Å². The van der Waals surface area contributed by atoms with Crippen LogP contribution in [0.4, 0.5) is 8.78 Å². The number of sulfonamides is 1. The number of hydrogen-bond acceptors (Lipinski definition) is 4. The molecule has 0 saturated heterocycles. The molecule has 1 aliphatic rings. The molecule has 128 valence electrons. The van der Waals surface area contributed by atoms with Gasteiger partial charge in [0.25, 0.3) is 16.4 Å². The third-order valence-corrected chi connectivity index (χ3v) is 5.36. The lowest BCUT2D eigenvalue weighted by molar-refractivity contribution is -0.131. The molecule has 0 aliphatic heterocycles. The van der Waals surface area contributed by atoms with Gasteiger partial charge in [-0.3, -0.25) is 0 Å². The molecule has 0 bridgehead atoms. The fourth-order valence-corrected chi connectivity index (χ4v) is 3.33. The number of aryl methyl sites for hydroxylation is 1. The van der Waals surface area contributed by atoms with Gasteiger partial charge < -0.3 is 4.74 Å². The molecule has 23 heavy (non-hydrogen) atoms. The first-order chi connectivity index (χ1) is 10.8. The first-order valence-corrected chi connectivity index (χ1v) is 8.75. The zero-order chi connectivity index (χ0) is 17.1. The van der Waals surface area contributed by atoms with Gasteiger partial charge in [-0.1, -0.05) is 17.7 Å². The maximum atomic E-state index is 13.1. The summed E-state index contributed by atoms with van der Waals surface area (Å²) < 4.78 is 55.3. The van der Waals surface area contributed by atoms with Crippen molar-refractivity contribution in [3.8, 4) is 0 Å². The van der Waals surface area contributed by atoms with Crippen molar-refractivity contribution in [1.29, 1.82) is 0 Å². The van der Waals surface area contributed by atoms with E-state index in [0.717, 1.165) is 5.56 Å². The number of benzene rings is 1. The van der Waals surface area contributed by atoms with E-state index in [-0.39, 0.29) is 30.6 Å². The average Bonchev–Trinajstić information content (AvgIpc) is 2.54. The van der Waals surface area contributed by atoms with Crippen LogP contribution in [-0.4, -0.2) is 33.3 Å². The Kier molecular flexibility index (Phi) is 5.36. The van der Waals surface area contributed by atoms with Crippen LogP contribution in [0, 0.1) is 6.92 Å². The van der Waals surface area contributed by atoms with Crippen LogP contribution >= 0.6 is 0 Å². The van der Waals surface area contributed by atoms with Crippen LogP contribution < -0.4 is 4.83 Å². The molecule has 0 aromatic heterocycles. The molecule has 2 rings (SSSR count). The molecule has 1 aromatic rings. The van der Waals surface area contributed by atoms with Crippen molar-refractivity contribution >= 4 is 15.7 Å². The van der Waals surface area contributed by atoms with Crippen LogP contribution in [0.3, 0.4) is 0 Å². The quantitative estimate of drug-likeness (QED) is 0.834. The van der Waals surface area contributed by atoms with Crippen molar-refractivity contribution < 1.29 is 21.9 Å². The average molecular weight is 346 g/mol. The maximum Gasteiger partial charge on any atom is 0.276 e. The predicted molar refractivity (Wildman–Crippen MR) is 83.1 cm³/mol. The minimum absolute atomic E-state index is 0.113.